The molecule has 182 valence electrons. The van der Waals surface area contributed by atoms with E-state index in [2.05, 4.69) is 12.6 Å². The molecule has 3 aromatic carbocycles. The second-order valence-electron chi connectivity index (χ2n) is 9.84. The number of ether oxygens (including phenoxy) is 1. The molecule has 1 N–H and O–H groups in total. The van der Waals surface area contributed by atoms with Gasteiger partial charge in [-0.05, 0) is 61.2 Å². The van der Waals surface area contributed by atoms with Crippen molar-refractivity contribution < 1.29 is 14.6 Å². The molecule has 6 heteroatoms. The zero-order valence-corrected chi connectivity index (χ0v) is 20.9. The Kier molecular flexibility index (Phi) is 6.22. The Morgan fingerprint density at radius 2 is 1.83 bits per heavy atom. The van der Waals surface area contributed by atoms with Crippen LogP contribution in [0, 0.1) is 16.7 Å². The zero-order valence-electron chi connectivity index (χ0n) is 20.1. The molecule has 36 heavy (non-hydrogen) atoms. The minimum absolute atomic E-state index is 0.0364. The van der Waals surface area contributed by atoms with E-state index in [-0.39, 0.29) is 24.5 Å². The summed E-state index contributed by atoms with van der Waals surface area (Å²) in [6.45, 7) is 6.58. The third-order valence-electron chi connectivity index (χ3n) is 7.27. The molecular formula is C30H27ClN2O3. The summed E-state index contributed by atoms with van der Waals surface area (Å²) in [5.41, 5.74) is 3.79. The van der Waals surface area contributed by atoms with E-state index in [4.69, 9.17) is 16.3 Å². The monoisotopic (exact) mass is 498 g/mol. The summed E-state index contributed by atoms with van der Waals surface area (Å²) in [5.74, 6) is -0.152. The standard InChI is InChI=1S/C30H27ClN2O3/c1-20(2)23-7-12-27-26(15-23)28(35)33(17-22-5-3-21(16-32)4-6-22)30(27,24-8-10-25(31)11-9-24)36-19-29(18-34)13-14-29/h3-12,15,34H,1,13-14,17-19H2,2H3. The summed E-state index contributed by atoms with van der Waals surface area (Å²) in [6.07, 6.45) is 1.76. The van der Waals surface area contributed by atoms with Crippen LogP contribution >= 0.6 is 11.6 Å². The molecular weight excluding hydrogens is 472 g/mol. The minimum Gasteiger partial charge on any atom is -0.396 e. The van der Waals surface area contributed by atoms with Gasteiger partial charge < -0.3 is 9.84 Å². The lowest BCUT2D eigenvalue weighted by Crippen LogP contribution is -2.47. The summed E-state index contributed by atoms with van der Waals surface area (Å²) in [6, 6.07) is 22.5. The smallest absolute Gasteiger partial charge is 0.257 e. The summed E-state index contributed by atoms with van der Waals surface area (Å²) in [5, 5.41) is 19.8. The first kappa shape index (κ1) is 24.3. The number of benzene rings is 3. The van der Waals surface area contributed by atoms with Crippen LogP contribution in [-0.4, -0.2) is 29.1 Å². The van der Waals surface area contributed by atoms with Gasteiger partial charge in [-0.1, -0.05) is 60.2 Å². The highest BCUT2D eigenvalue weighted by Gasteiger charge is 2.54. The van der Waals surface area contributed by atoms with E-state index in [1.807, 2.05) is 49.4 Å². The van der Waals surface area contributed by atoms with Gasteiger partial charge in [-0.3, -0.25) is 9.69 Å². The molecule has 3 aromatic rings. The third kappa shape index (κ3) is 4.12. The first-order valence-electron chi connectivity index (χ1n) is 11.9. The van der Waals surface area contributed by atoms with Crippen molar-refractivity contribution in [2.45, 2.75) is 32.0 Å². The number of rotatable bonds is 8. The second-order valence-corrected chi connectivity index (χ2v) is 10.3. The number of aliphatic hydroxyl groups excluding tert-OH is 1. The van der Waals surface area contributed by atoms with E-state index in [1.165, 1.54) is 0 Å². The number of hydrogen-bond acceptors (Lipinski definition) is 4. The number of hydrogen-bond donors (Lipinski definition) is 1. The molecule has 1 amide bonds. The van der Waals surface area contributed by atoms with Crippen molar-refractivity contribution in [1.82, 2.24) is 4.90 Å². The van der Waals surface area contributed by atoms with Gasteiger partial charge in [0.2, 0.25) is 0 Å². The molecule has 0 spiro atoms. The van der Waals surface area contributed by atoms with Crippen LogP contribution in [0.5, 0.6) is 0 Å². The summed E-state index contributed by atoms with van der Waals surface area (Å²) < 4.78 is 6.79. The maximum atomic E-state index is 14.1. The van der Waals surface area contributed by atoms with Crippen molar-refractivity contribution in [3.63, 3.8) is 0 Å². The van der Waals surface area contributed by atoms with Crippen molar-refractivity contribution in [2.75, 3.05) is 13.2 Å². The minimum atomic E-state index is -1.21. The number of amides is 1. The lowest BCUT2D eigenvalue weighted by molar-refractivity contribution is -0.128. The largest absolute Gasteiger partial charge is 0.396 e. The second kappa shape index (κ2) is 9.22. The van der Waals surface area contributed by atoms with Gasteiger partial charge in [-0.25, -0.2) is 0 Å². The van der Waals surface area contributed by atoms with Crippen molar-refractivity contribution in [3.05, 3.63) is 112 Å². The zero-order chi connectivity index (χ0) is 25.5. The third-order valence-corrected chi connectivity index (χ3v) is 7.52. The van der Waals surface area contributed by atoms with E-state index in [9.17, 15) is 15.2 Å². The highest BCUT2D eigenvalue weighted by atomic mass is 35.5. The fraction of sp³-hybridized carbons (Fsp3) is 0.267. The molecule has 0 saturated heterocycles. The first-order valence-corrected chi connectivity index (χ1v) is 12.3. The highest BCUT2D eigenvalue weighted by Crippen LogP contribution is 2.51. The van der Waals surface area contributed by atoms with Gasteiger partial charge in [0, 0.05) is 33.7 Å². The average Bonchev–Trinajstić information content (AvgIpc) is 3.65. The molecule has 0 aromatic heterocycles. The Morgan fingerprint density at radius 3 is 2.42 bits per heavy atom. The van der Waals surface area contributed by atoms with Crippen LogP contribution in [0.25, 0.3) is 5.57 Å². The van der Waals surface area contributed by atoms with Crippen molar-refractivity contribution in [3.8, 4) is 6.07 Å². The molecule has 1 aliphatic carbocycles. The molecule has 1 atom stereocenters. The molecule has 5 rings (SSSR count). The van der Waals surface area contributed by atoms with Gasteiger partial charge in [0.05, 0.1) is 24.8 Å². The van der Waals surface area contributed by atoms with Crippen LogP contribution in [0.4, 0.5) is 0 Å². The number of fused-ring (bicyclic) bond motifs is 1. The predicted molar refractivity (Wildman–Crippen MR) is 139 cm³/mol. The summed E-state index contributed by atoms with van der Waals surface area (Å²) in [4.78, 5) is 15.8. The van der Waals surface area contributed by atoms with Crippen LogP contribution in [0.1, 0.15) is 57.9 Å². The molecule has 5 nitrogen and oxygen atoms in total. The van der Waals surface area contributed by atoms with Gasteiger partial charge in [0.25, 0.3) is 5.91 Å². The van der Waals surface area contributed by atoms with E-state index >= 15 is 0 Å². The number of nitriles is 1. The van der Waals surface area contributed by atoms with E-state index in [0.29, 0.717) is 22.8 Å². The highest BCUT2D eigenvalue weighted by molar-refractivity contribution is 6.30. The van der Waals surface area contributed by atoms with Gasteiger partial charge in [0.1, 0.15) is 0 Å². The number of nitrogens with zero attached hydrogens (tertiary/aromatic N) is 2. The topological polar surface area (TPSA) is 73.6 Å². The molecule has 1 saturated carbocycles. The Bertz CT molecular complexity index is 1370. The number of halogens is 1. The molecule has 1 fully saturated rings. The van der Waals surface area contributed by atoms with Gasteiger partial charge in [-0.15, -0.1) is 0 Å². The number of carbonyl (C=O) groups excluding carboxylic acids is 1. The Labute approximate surface area is 216 Å². The first-order chi connectivity index (χ1) is 17.3. The van der Waals surface area contributed by atoms with E-state index in [1.54, 1.807) is 29.2 Å². The fourth-order valence-corrected chi connectivity index (χ4v) is 4.90. The molecule has 0 radical (unpaired) electrons. The van der Waals surface area contributed by atoms with Crippen molar-refractivity contribution >= 4 is 23.1 Å². The molecule has 0 bridgehead atoms. The lowest BCUT2D eigenvalue weighted by atomic mass is 9.91. The van der Waals surface area contributed by atoms with Gasteiger partial charge in [-0.2, -0.15) is 5.26 Å². The van der Waals surface area contributed by atoms with Crippen LogP contribution in [0.15, 0.2) is 73.3 Å². The summed E-state index contributed by atoms with van der Waals surface area (Å²) >= 11 is 6.23. The lowest BCUT2D eigenvalue weighted by Gasteiger charge is -2.40. The molecule has 1 heterocycles. The van der Waals surface area contributed by atoms with Crippen LogP contribution in [0.2, 0.25) is 5.02 Å². The number of carbonyl (C=O) groups is 1. The normalized spacial score (nSPS) is 19.6. The Hall–Kier alpha value is -3.43. The van der Waals surface area contributed by atoms with Crippen LogP contribution in [0.3, 0.4) is 0 Å². The fourth-order valence-electron chi connectivity index (χ4n) is 4.77. The van der Waals surface area contributed by atoms with E-state index in [0.717, 1.165) is 40.7 Å². The molecule has 1 unspecified atom stereocenters. The Balaban J connectivity index is 1.68. The van der Waals surface area contributed by atoms with Crippen LogP contribution < -0.4 is 0 Å². The number of allylic oxidation sites excluding steroid dienone is 1. The van der Waals surface area contributed by atoms with Crippen LogP contribution in [-0.2, 0) is 17.0 Å². The summed E-state index contributed by atoms with van der Waals surface area (Å²) in [7, 11) is 0. The molecule has 1 aliphatic heterocycles. The number of aliphatic hydroxyl groups is 1. The van der Waals surface area contributed by atoms with E-state index < -0.39 is 5.72 Å². The quantitative estimate of drug-likeness (QED) is 0.420. The van der Waals surface area contributed by atoms with Crippen molar-refractivity contribution in [1.29, 1.82) is 5.26 Å². The maximum absolute atomic E-state index is 14.1. The SMILES string of the molecule is C=C(C)c1ccc2c(c1)C(=O)N(Cc1ccc(C#N)cc1)C2(OCC1(CO)CC1)c1ccc(Cl)cc1. The van der Waals surface area contributed by atoms with Crippen molar-refractivity contribution in [2.24, 2.45) is 5.41 Å². The molecule has 2 aliphatic rings. The predicted octanol–water partition coefficient (Wildman–Crippen LogP) is 5.89. The Morgan fingerprint density at radius 1 is 1.14 bits per heavy atom. The van der Waals surface area contributed by atoms with Gasteiger partial charge >= 0.3 is 0 Å². The maximum Gasteiger partial charge on any atom is 0.257 e. The van der Waals surface area contributed by atoms with Gasteiger partial charge in [0.15, 0.2) is 5.72 Å². The average molecular weight is 499 g/mol.